The van der Waals surface area contributed by atoms with Gasteiger partial charge < -0.3 is 15.0 Å². The minimum Gasteiger partial charge on any atom is -0.465 e. The second-order valence-corrected chi connectivity index (χ2v) is 6.17. The van der Waals surface area contributed by atoms with Gasteiger partial charge in [-0.1, -0.05) is 36.4 Å². The third-order valence-electron chi connectivity index (χ3n) is 3.82. The zero-order valence-corrected chi connectivity index (χ0v) is 15.4. The maximum atomic E-state index is 12.1. The van der Waals surface area contributed by atoms with E-state index in [1.165, 1.54) is 18.7 Å². The van der Waals surface area contributed by atoms with Crippen LogP contribution in [0.5, 0.6) is 0 Å². The van der Waals surface area contributed by atoms with Crippen LogP contribution in [0.4, 0.5) is 0 Å². The van der Waals surface area contributed by atoms with E-state index in [0.717, 1.165) is 17.7 Å². The van der Waals surface area contributed by atoms with Gasteiger partial charge in [0, 0.05) is 19.2 Å². The van der Waals surface area contributed by atoms with Crippen molar-refractivity contribution in [2.45, 2.75) is 13.1 Å². The predicted octanol–water partition coefficient (Wildman–Crippen LogP) is 2.86. The molecule has 136 valence electrons. The van der Waals surface area contributed by atoms with Gasteiger partial charge in [-0.05, 0) is 49.0 Å². The first-order valence-corrected chi connectivity index (χ1v) is 8.35. The Labute approximate surface area is 154 Å². The van der Waals surface area contributed by atoms with Crippen LogP contribution < -0.4 is 5.32 Å². The van der Waals surface area contributed by atoms with Gasteiger partial charge in [0.1, 0.15) is 0 Å². The van der Waals surface area contributed by atoms with E-state index in [1.54, 1.807) is 30.3 Å². The normalized spacial score (nSPS) is 10.9. The van der Waals surface area contributed by atoms with Crippen molar-refractivity contribution in [1.82, 2.24) is 10.2 Å². The molecule has 0 heterocycles. The lowest BCUT2D eigenvalue weighted by Gasteiger charge is -2.14. The summed E-state index contributed by atoms with van der Waals surface area (Å²) >= 11 is 0. The molecule has 2 aromatic carbocycles. The van der Waals surface area contributed by atoms with Crippen molar-refractivity contribution < 1.29 is 14.3 Å². The maximum Gasteiger partial charge on any atom is 0.337 e. The highest BCUT2D eigenvalue weighted by atomic mass is 16.5. The smallest absolute Gasteiger partial charge is 0.337 e. The summed E-state index contributed by atoms with van der Waals surface area (Å²) in [6, 6.07) is 14.9. The van der Waals surface area contributed by atoms with E-state index in [-0.39, 0.29) is 11.9 Å². The lowest BCUT2D eigenvalue weighted by atomic mass is 10.1. The van der Waals surface area contributed by atoms with E-state index in [2.05, 4.69) is 21.0 Å². The standard InChI is InChI=1S/C21H24N2O3/c1-23(2)15-19-7-5-4-6-18(19)14-22-20(24)13-10-16-8-11-17(12-9-16)21(25)26-3/h4-13H,14-15H2,1-3H3,(H,22,24)/b13-10+. The average molecular weight is 352 g/mol. The Morgan fingerprint density at radius 1 is 1.04 bits per heavy atom. The van der Waals surface area contributed by atoms with Crippen LogP contribution in [0.25, 0.3) is 6.08 Å². The van der Waals surface area contributed by atoms with Crippen LogP contribution in [-0.4, -0.2) is 38.0 Å². The Morgan fingerprint density at radius 2 is 1.69 bits per heavy atom. The van der Waals surface area contributed by atoms with Gasteiger partial charge in [-0.2, -0.15) is 0 Å². The molecule has 26 heavy (non-hydrogen) atoms. The van der Waals surface area contributed by atoms with Gasteiger partial charge in [0.05, 0.1) is 12.7 Å². The highest BCUT2D eigenvalue weighted by Crippen LogP contribution is 2.11. The summed E-state index contributed by atoms with van der Waals surface area (Å²) in [5, 5.41) is 2.90. The SMILES string of the molecule is COC(=O)c1ccc(/C=C/C(=O)NCc2ccccc2CN(C)C)cc1. The monoisotopic (exact) mass is 352 g/mol. The third kappa shape index (κ3) is 5.86. The number of rotatable bonds is 7. The van der Waals surface area contributed by atoms with Crippen LogP contribution in [0.2, 0.25) is 0 Å². The van der Waals surface area contributed by atoms with E-state index < -0.39 is 0 Å². The zero-order chi connectivity index (χ0) is 18.9. The van der Waals surface area contributed by atoms with Gasteiger partial charge in [0.25, 0.3) is 0 Å². The Bertz CT molecular complexity index is 780. The highest BCUT2D eigenvalue weighted by Gasteiger charge is 2.05. The van der Waals surface area contributed by atoms with Crippen LogP contribution in [-0.2, 0) is 22.6 Å². The Balaban J connectivity index is 1.93. The van der Waals surface area contributed by atoms with E-state index in [9.17, 15) is 9.59 Å². The minimum absolute atomic E-state index is 0.165. The third-order valence-corrected chi connectivity index (χ3v) is 3.82. The van der Waals surface area contributed by atoms with Crippen LogP contribution in [0.15, 0.2) is 54.6 Å². The fourth-order valence-electron chi connectivity index (χ4n) is 2.49. The number of hydrogen-bond acceptors (Lipinski definition) is 4. The number of nitrogens with zero attached hydrogens (tertiary/aromatic N) is 1. The summed E-state index contributed by atoms with van der Waals surface area (Å²) in [5.74, 6) is -0.545. The van der Waals surface area contributed by atoms with Gasteiger partial charge in [-0.15, -0.1) is 0 Å². The number of hydrogen-bond donors (Lipinski definition) is 1. The number of ether oxygens (including phenoxy) is 1. The van der Waals surface area contributed by atoms with Crippen molar-refractivity contribution in [2.75, 3.05) is 21.2 Å². The number of carbonyl (C=O) groups is 2. The summed E-state index contributed by atoms with van der Waals surface area (Å²) in [6.45, 7) is 1.31. The number of nitrogens with one attached hydrogen (secondary N) is 1. The fraction of sp³-hybridized carbons (Fsp3) is 0.238. The van der Waals surface area contributed by atoms with Crippen molar-refractivity contribution in [3.63, 3.8) is 0 Å². The molecule has 1 amide bonds. The number of esters is 1. The molecule has 0 fully saturated rings. The summed E-state index contributed by atoms with van der Waals surface area (Å²) in [7, 11) is 5.38. The van der Waals surface area contributed by atoms with Crippen molar-refractivity contribution in [2.24, 2.45) is 0 Å². The molecular weight excluding hydrogens is 328 g/mol. The lowest BCUT2D eigenvalue weighted by Crippen LogP contribution is -2.22. The molecule has 0 aliphatic heterocycles. The van der Waals surface area contributed by atoms with Crippen LogP contribution in [0.3, 0.4) is 0 Å². The average Bonchev–Trinajstić information content (AvgIpc) is 2.65. The van der Waals surface area contributed by atoms with Crippen LogP contribution in [0, 0.1) is 0 Å². The predicted molar refractivity (Wildman–Crippen MR) is 102 cm³/mol. The second-order valence-electron chi connectivity index (χ2n) is 6.17. The molecule has 0 unspecified atom stereocenters. The molecule has 0 saturated heterocycles. The molecule has 2 aromatic rings. The molecule has 0 atom stereocenters. The number of methoxy groups -OCH3 is 1. The Kier molecular flexibility index (Phi) is 7.12. The highest BCUT2D eigenvalue weighted by molar-refractivity contribution is 5.92. The molecule has 0 aliphatic carbocycles. The molecule has 0 bridgehead atoms. The fourth-order valence-corrected chi connectivity index (χ4v) is 2.49. The van der Waals surface area contributed by atoms with E-state index in [0.29, 0.717) is 12.1 Å². The maximum absolute atomic E-state index is 12.1. The summed E-state index contributed by atoms with van der Waals surface area (Å²) in [6.07, 6.45) is 3.20. The van der Waals surface area contributed by atoms with Gasteiger partial charge in [0.15, 0.2) is 0 Å². The number of carbonyl (C=O) groups excluding carboxylic acids is 2. The van der Waals surface area contributed by atoms with Crippen molar-refractivity contribution in [3.8, 4) is 0 Å². The van der Waals surface area contributed by atoms with Gasteiger partial charge >= 0.3 is 5.97 Å². The van der Waals surface area contributed by atoms with Gasteiger partial charge in [0.2, 0.25) is 5.91 Å². The van der Waals surface area contributed by atoms with E-state index >= 15 is 0 Å². The summed E-state index contributed by atoms with van der Waals surface area (Å²) < 4.78 is 4.66. The molecule has 0 spiro atoms. The van der Waals surface area contributed by atoms with Crippen LogP contribution >= 0.6 is 0 Å². The van der Waals surface area contributed by atoms with Crippen molar-refractivity contribution >= 4 is 18.0 Å². The Hall–Kier alpha value is -2.92. The van der Waals surface area contributed by atoms with E-state index in [1.807, 2.05) is 32.3 Å². The molecule has 2 rings (SSSR count). The Morgan fingerprint density at radius 3 is 2.31 bits per heavy atom. The molecule has 0 aliphatic rings. The first kappa shape index (κ1) is 19.4. The first-order chi connectivity index (χ1) is 12.5. The lowest BCUT2D eigenvalue weighted by molar-refractivity contribution is -0.116. The van der Waals surface area contributed by atoms with E-state index in [4.69, 9.17) is 0 Å². The molecule has 0 saturated carbocycles. The topological polar surface area (TPSA) is 58.6 Å². The molecule has 0 aromatic heterocycles. The van der Waals surface area contributed by atoms with Crippen LogP contribution in [0.1, 0.15) is 27.0 Å². The number of benzene rings is 2. The quantitative estimate of drug-likeness (QED) is 0.615. The molecule has 5 heteroatoms. The molecule has 0 radical (unpaired) electrons. The zero-order valence-electron chi connectivity index (χ0n) is 15.4. The number of amides is 1. The largest absolute Gasteiger partial charge is 0.465 e. The van der Waals surface area contributed by atoms with Gasteiger partial charge in [-0.3, -0.25) is 4.79 Å². The molecule has 1 N–H and O–H groups in total. The minimum atomic E-state index is -0.380. The molecular formula is C21H24N2O3. The second kappa shape index (κ2) is 9.53. The summed E-state index contributed by atoms with van der Waals surface area (Å²) in [5.41, 5.74) is 3.61. The first-order valence-electron chi connectivity index (χ1n) is 8.35. The summed E-state index contributed by atoms with van der Waals surface area (Å²) in [4.78, 5) is 25.6. The van der Waals surface area contributed by atoms with Crippen molar-refractivity contribution in [1.29, 1.82) is 0 Å². The van der Waals surface area contributed by atoms with Crippen molar-refractivity contribution in [3.05, 3.63) is 76.9 Å². The molecule has 5 nitrogen and oxygen atoms in total. The van der Waals surface area contributed by atoms with Gasteiger partial charge in [-0.25, -0.2) is 4.79 Å².